The third-order valence-electron chi connectivity index (χ3n) is 5.65. The molecule has 2 atom stereocenters. The number of fused-ring (bicyclic) bond motifs is 3. The Morgan fingerprint density at radius 3 is 2.46 bits per heavy atom. The van der Waals surface area contributed by atoms with Crippen molar-refractivity contribution in [3.63, 3.8) is 0 Å². The predicted octanol–water partition coefficient (Wildman–Crippen LogP) is 1.94. The van der Waals surface area contributed by atoms with Gasteiger partial charge in [0.1, 0.15) is 17.1 Å². The van der Waals surface area contributed by atoms with Gasteiger partial charge in [-0.1, -0.05) is 19.1 Å². The van der Waals surface area contributed by atoms with Crippen molar-refractivity contribution in [3.8, 4) is 11.5 Å². The summed E-state index contributed by atoms with van der Waals surface area (Å²) in [5.41, 5.74) is -2.36. The van der Waals surface area contributed by atoms with E-state index in [9.17, 15) is 29.7 Å². The number of aromatic hydroxyl groups is 1. The summed E-state index contributed by atoms with van der Waals surface area (Å²) >= 11 is 0. The molecule has 0 spiro atoms. The number of aliphatic hydroxyl groups excluding tert-OH is 1. The van der Waals surface area contributed by atoms with E-state index < -0.39 is 34.8 Å². The van der Waals surface area contributed by atoms with Gasteiger partial charge in [-0.05, 0) is 18.6 Å². The summed E-state index contributed by atoms with van der Waals surface area (Å²) in [6.07, 6.45) is -1.60. The molecule has 0 aliphatic heterocycles. The second-order valence-electron chi connectivity index (χ2n) is 7.08. The lowest BCUT2D eigenvalue weighted by atomic mass is 9.72. The highest BCUT2D eigenvalue weighted by Crippen LogP contribution is 2.46. The van der Waals surface area contributed by atoms with Gasteiger partial charge >= 0.3 is 0 Å². The fourth-order valence-corrected chi connectivity index (χ4v) is 4.08. The Bertz CT molecular complexity index is 1070. The van der Waals surface area contributed by atoms with Gasteiger partial charge in [-0.15, -0.1) is 0 Å². The van der Waals surface area contributed by atoms with Crippen LogP contribution < -0.4 is 4.74 Å². The van der Waals surface area contributed by atoms with Crippen LogP contribution in [0.25, 0.3) is 0 Å². The van der Waals surface area contributed by atoms with Gasteiger partial charge in [-0.3, -0.25) is 14.4 Å². The molecule has 0 saturated carbocycles. The number of ketones is 3. The number of hydrogen-bond donors (Lipinski definition) is 3. The SMILES string of the molecule is CC[C@@]1(O)C[C@H](O)c2c(cc3c(c2O)C(=O)c2c(OC)cccc2C3=O)C1=O. The third kappa shape index (κ3) is 2.20. The summed E-state index contributed by atoms with van der Waals surface area (Å²) in [6, 6.07) is 5.76. The van der Waals surface area contributed by atoms with E-state index in [4.69, 9.17) is 4.74 Å². The lowest BCUT2D eigenvalue weighted by Gasteiger charge is -2.35. The van der Waals surface area contributed by atoms with Crippen LogP contribution in [0.4, 0.5) is 0 Å². The second-order valence-corrected chi connectivity index (χ2v) is 7.08. The van der Waals surface area contributed by atoms with E-state index in [0.29, 0.717) is 0 Å². The summed E-state index contributed by atoms with van der Waals surface area (Å²) in [6.45, 7) is 1.60. The number of aliphatic hydroxyl groups is 2. The molecule has 0 heterocycles. The third-order valence-corrected chi connectivity index (χ3v) is 5.65. The van der Waals surface area contributed by atoms with E-state index in [0.717, 1.165) is 0 Å². The van der Waals surface area contributed by atoms with Gasteiger partial charge in [0.25, 0.3) is 0 Å². The number of methoxy groups -OCH3 is 1. The van der Waals surface area contributed by atoms with Crippen molar-refractivity contribution in [1.29, 1.82) is 0 Å². The maximum absolute atomic E-state index is 13.1. The first-order chi connectivity index (χ1) is 13.2. The normalized spacial score (nSPS) is 23.1. The van der Waals surface area contributed by atoms with Crippen molar-refractivity contribution < 1.29 is 34.4 Å². The number of phenols is 1. The minimum atomic E-state index is -1.80. The monoisotopic (exact) mass is 382 g/mol. The molecule has 0 aromatic heterocycles. The van der Waals surface area contributed by atoms with E-state index in [1.165, 1.54) is 25.3 Å². The fourth-order valence-electron chi connectivity index (χ4n) is 4.08. The number of carbonyl (C=O) groups is 3. The number of ether oxygens (including phenoxy) is 1. The Balaban J connectivity index is 2.02. The molecule has 0 fully saturated rings. The van der Waals surface area contributed by atoms with E-state index in [-0.39, 0.29) is 52.0 Å². The van der Waals surface area contributed by atoms with Gasteiger partial charge < -0.3 is 20.1 Å². The molecule has 0 bridgehead atoms. The number of phenolic OH excluding ortho intramolecular Hbond substituents is 1. The van der Waals surface area contributed by atoms with E-state index >= 15 is 0 Å². The summed E-state index contributed by atoms with van der Waals surface area (Å²) < 4.78 is 5.19. The zero-order chi connectivity index (χ0) is 20.4. The van der Waals surface area contributed by atoms with Crippen molar-refractivity contribution >= 4 is 17.3 Å². The molecule has 0 amide bonds. The molecule has 28 heavy (non-hydrogen) atoms. The van der Waals surface area contributed by atoms with Crippen LogP contribution in [-0.2, 0) is 0 Å². The first-order valence-corrected chi connectivity index (χ1v) is 8.86. The van der Waals surface area contributed by atoms with Gasteiger partial charge in [-0.2, -0.15) is 0 Å². The Morgan fingerprint density at radius 1 is 1.11 bits per heavy atom. The molecule has 7 nitrogen and oxygen atoms in total. The lowest BCUT2D eigenvalue weighted by molar-refractivity contribution is -0.00987. The molecule has 3 N–H and O–H groups in total. The predicted molar refractivity (Wildman–Crippen MR) is 97.1 cm³/mol. The summed E-state index contributed by atoms with van der Waals surface area (Å²) in [5, 5.41) is 31.8. The highest BCUT2D eigenvalue weighted by Gasteiger charge is 2.47. The summed E-state index contributed by atoms with van der Waals surface area (Å²) in [4.78, 5) is 38.9. The van der Waals surface area contributed by atoms with Crippen LogP contribution in [0.2, 0.25) is 0 Å². The first kappa shape index (κ1) is 18.3. The van der Waals surface area contributed by atoms with Gasteiger partial charge in [0.2, 0.25) is 5.78 Å². The van der Waals surface area contributed by atoms with Crippen LogP contribution in [0.1, 0.15) is 73.6 Å². The Morgan fingerprint density at radius 2 is 1.82 bits per heavy atom. The molecule has 2 aromatic rings. The van der Waals surface area contributed by atoms with Crippen LogP contribution in [0.5, 0.6) is 11.5 Å². The highest BCUT2D eigenvalue weighted by atomic mass is 16.5. The van der Waals surface area contributed by atoms with E-state index in [1.807, 2.05) is 0 Å². The Labute approximate surface area is 160 Å². The molecular weight excluding hydrogens is 364 g/mol. The van der Waals surface area contributed by atoms with Gasteiger partial charge in [-0.25, -0.2) is 0 Å². The fraction of sp³-hybridized carbons (Fsp3) is 0.286. The second kappa shape index (κ2) is 5.98. The molecule has 4 rings (SSSR count). The van der Waals surface area contributed by atoms with Crippen molar-refractivity contribution in [1.82, 2.24) is 0 Å². The maximum atomic E-state index is 13.1. The number of benzene rings is 2. The zero-order valence-corrected chi connectivity index (χ0v) is 15.3. The lowest BCUT2D eigenvalue weighted by Crippen LogP contribution is -2.44. The van der Waals surface area contributed by atoms with Crippen molar-refractivity contribution in [3.05, 3.63) is 57.6 Å². The van der Waals surface area contributed by atoms with Gasteiger partial charge in [0.05, 0.1) is 24.3 Å². The average molecular weight is 382 g/mol. The zero-order valence-electron chi connectivity index (χ0n) is 15.3. The minimum absolute atomic E-state index is 0.0273. The molecule has 2 aromatic carbocycles. The van der Waals surface area contributed by atoms with Gasteiger partial charge in [0, 0.05) is 28.7 Å². The maximum Gasteiger partial charge on any atom is 0.201 e. The van der Waals surface area contributed by atoms with Crippen LogP contribution >= 0.6 is 0 Å². The minimum Gasteiger partial charge on any atom is -0.507 e. The largest absolute Gasteiger partial charge is 0.507 e. The highest BCUT2D eigenvalue weighted by molar-refractivity contribution is 6.31. The molecule has 7 heteroatoms. The van der Waals surface area contributed by atoms with E-state index in [2.05, 4.69) is 0 Å². The number of Topliss-reactive ketones (excluding diaryl/α,β-unsaturated/α-hetero) is 1. The standard InChI is InChI=1S/C21H18O7/c1-3-21(27)8-12(22)14-11(20(21)26)7-10-16(18(14)24)19(25)15-9(17(10)23)5-4-6-13(15)28-2/h4-7,12,22,24,27H,3,8H2,1-2H3/t12-,21+/m0/s1. The molecule has 2 aliphatic rings. The molecule has 0 radical (unpaired) electrons. The summed E-state index contributed by atoms with van der Waals surface area (Å²) in [7, 11) is 1.36. The van der Waals surface area contributed by atoms with Crippen LogP contribution in [-0.4, -0.2) is 45.4 Å². The molecular formula is C21H18O7. The van der Waals surface area contributed by atoms with Crippen LogP contribution in [0, 0.1) is 0 Å². The number of carbonyl (C=O) groups excluding carboxylic acids is 3. The number of rotatable bonds is 2. The summed E-state index contributed by atoms with van der Waals surface area (Å²) in [5.74, 6) is -2.28. The van der Waals surface area contributed by atoms with Crippen molar-refractivity contribution in [2.45, 2.75) is 31.5 Å². The quantitative estimate of drug-likeness (QED) is 0.619. The Kier molecular flexibility index (Phi) is 3.92. The molecule has 0 saturated heterocycles. The molecule has 2 aliphatic carbocycles. The Hall–Kier alpha value is -3.03. The first-order valence-electron chi connectivity index (χ1n) is 8.86. The van der Waals surface area contributed by atoms with Crippen LogP contribution in [0.15, 0.2) is 24.3 Å². The van der Waals surface area contributed by atoms with E-state index in [1.54, 1.807) is 13.0 Å². The van der Waals surface area contributed by atoms with Gasteiger partial charge in [0.15, 0.2) is 11.6 Å². The van der Waals surface area contributed by atoms with Crippen molar-refractivity contribution in [2.75, 3.05) is 7.11 Å². The van der Waals surface area contributed by atoms with Crippen molar-refractivity contribution in [2.24, 2.45) is 0 Å². The molecule has 0 unspecified atom stereocenters. The number of hydrogen-bond acceptors (Lipinski definition) is 7. The smallest absolute Gasteiger partial charge is 0.201 e. The average Bonchev–Trinajstić information content (AvgIpc) is 2.68. The topological polar surface area (TPSA) is 121 Å². The van der Waals surface area contributed by atoms with Crippen LogP contribution in [0.3, 0.4) is 0 Å². The molecule has 144 valence electrons.